The van der Waals surface area contributed by atoms with E-state index in [-0.39, 0.29) is 0 Å². The molecule has 6 heteroatoms. The molecule has 1 fully saturated rings. The van der Waals surface area contributed by atoms with Gasteiger partial charge in [-0.15, -0.1) is 0 Å². The normalized spacial score (nSPS) is 22.9. The van der Waals surface area contributed by atoms with E-state index in [9.17, 15) is 0 Å². The summed E-state index contributed by atoms with van der Waals surface area (Å²) in [5, 5.41) is 8.43. The summed E-state index contributed by atoms with van der Waals surface area (Å²) in [5.74, 6) is 3.05. The van der Waals surface area contributed by atoms with Crippen LogP contribution in [0, 0.1) is 18.8 Å². The molecule has 0 unspecified atom stereocenters. The molecule has 2 aromatic rings. The highest BCUT2D eigenvalue weighted by Crippen LogP contribution is 2.33. The first-order valence-electron chi connectivity index (χ1n) is 7.68. The van der Waals surface area contributed by atoms with Crippen molar-refractivity contribution >= 4 is 23.2 Å². The van der Waals surface area contributed by atoms with Gasteiger partial charge in [-0.05, 0) is 44.4 Å². The van der Waals surface area contributed by atoms with E-state index in [2.05, 4.69) is 34.2 Å². The van der Waals surface area contributed by atoms with Crippen molar-refractivity contribution in [1.29, 1.82) is 0 Å². The smallest absolute Gasteiger partial charge is 0.254 e. The van der Waals surface area contributed by atoms with Crippen molar-refractivity contribution in [3.05, 3.63) is 17.0 Å². The van der Waals surface area contributed by atoms with Crippen molar-refractivity contribution in [2.45, 2.75) is 52.5 Å². The summed E-state index contributed by atoms with van der Waals surface area (Å²) in [7, 11) is 0. The third-order valence-electron chi connectivity index (χ3n) is 4.59. The van der Waals surface area contributed by atoms with Crippen molar-refractivity contribution in [3.63, 3.8) is 0 Å². The lowest BCUT2D eigenvalue weighted by Gasteiger charge is -2.32. The minimum Gasteiger partial charge on any atom is -0.366 e. The Morgan fingerprint density at radius 2 is 2.00 bits per heavy atom. The first-order chi connectivity index (χ1) is 10.1. The lowest BCUT2D eigenvalue weighted by atomic mass is 9.80. The number of nitrogens with one attached hydrogen (secondary N) is 1. The van der Waals surface area contributed by atoms with Gasteiger partial charge in [0.15, 0.2) is 5.82 Å². The van der Waals surface area contributed by atoms with E-state index in [4.69, 9.17) is 11.6 Å². The van der Waals surface area contributed by atoms with Gasteiger partial charge in [0.1, 0.15) is 11.3 Å². The van der Waals surface area contributed by atoms with E-state index >= 15 is 0 Å². The van der Waals surface area contributed by atoms with Gasteiger partial charge in [-0.2, -0.15) is 14.6 Å². The van der Waals surface area contributed by atoms with Gasteiger partial charge in [0, 0.05) is 6.04 Å². The molecule has 3 rings (SSSR count). The Morgan fingerprint density at radius 3 is 2.67 bits per heavy atom. The molecule has 0 aliphatic heterocycles. The molecule has 2 heterocycles. The van der Waals surface area contributed by atoms with E-state index in [1.807, 2.05) is 6.92 Å². The lowest BCUT2D eigenvalue weighted by Crippen LogP contribution is -2.29. The molecule has 114 valence electrons. The molecule has 0 bridgehead atoms. The van der Waals surface area contributed by atoms with Gasteiger partial charge in [0.2, 0.25) is 0 Å². The monoisotopic (exact) mass is 307 g/mol. The van der Waals surface area contributed by atoms with Crippen LogP contribution in [0.15, 0.2) is 6.33 Å². The summed E-state index contributed by atoms with van der Waals surface area (Å²) in [5.41, 5.74) is 0.788. The summed E-state index contributed by atoms with van der Waals surface area (Å²) < 4.78 is 1.70. The molecule has 1 aliphatic carbocycles. The highest BCUT2D eigenvalue weighted by atomic mass is 35.5. The molecular weight excluding hydrogens is 286 g/mol. The van der Waals surface area contributed by atoms with Crippen LogP contribution in [0.3, 0.4) is 0 Å². The number of hydrogen-bond donors (Lipinski definition) is 1. The molecule has 0 spiro atoms. The Bertz CT molecular complexity index is 628. The fourth-order valence-electron chi connectivity index (χ4n) is 3.18. The van der Waals surface area contributed by atoms with Crippen LogP contribution in [-0.2, 0) is 0 Å². The molecule has 0 radical (unpaired) electrons. The van der Waals surface area contributed by atoms with Gasteiger partial charge in [0.25, 0.3) is 5.78 Å². The zero-order valence-electron chi connectivity index (χ0n) is 12.8. The molecule has 21 heavy (non-hydrogen) atoms. The Morgan fingerprint density at radius 1 is 1.29 bits per heavy atom. The highest BCUT2D eigenvalue weighted by Gasteiger charge is 2.24. The van der Waals surface area contributed by atoms with Gasteiger partial charge in [-0.3, -0.25) is 0 Å². The first-order valence-corrected chi connectivity index (χ1v) is 8.06. The molecular formula is C15H22ClN5. The zero-order valence-corrected chi connectivity index (χ0v) is 13.6. The molecule has 5 nitrogen and oxygen atoms in total. The third kappa shape index (κ3) is 2.84. The van der Waals surface area contributed by atoms with Crippen LogP contribution in [0.25, 0.3) is 5.78 Å². The average molecular weight is 308 g/mol. The number of hydrogen-bond acceptors (Lipinski definition) is 4. The number of fused-ring (bicyclic) bond motifs is 1. The number of aryl methyl sites for hydroxylation is 1. The standard InChI is InChI=1S/C15H22ClN5/c1-9(2)11-4-6-12(7-5-11)20-14-13(16)10(3)19-15-17-8-18-21(14)15/h8-9,11-12,20H,4-7H2,1-3H3. The molecule has 0 aromatic carbocycles. The Balaban J connectivity index is 1.80. The second-order valence-corrected chi connectivity index (χ2v) is 6.71. The minimum atomic E-state index is 0.451. The maximum absolute atomic E-state index is 6.41. The van der Waals surface area contributed by atoms with E-state index in [1.54, 1.807) is 4.52 Å². The molecule has 0 saturated heterocycles. The topological polar surface area (TPSA) is 55.1 Å². The predicted octanol–water partition coefficient (Wildman–Crippen LogP) is 3.71. The molecule has 1 aliphatic rings. The number of nitrogens with zero attached hydrogens (tertiary/aromatic N) is 4. The second-order valence-electron chi connectivity index (χ2n) is 6.33. The van der Waals surface area contributed by atoms with Crippen molar-refractivity contribution < 1.29 is 0 Å². The molecule has 0 amide bonds. The third-order valence-corrected chi connectivity index (χ3v) is 5.04. The van der Waals surface area contributed by atoms with E-state index < -0.39 is 0 Å². The maximum Gasteiger partial charge on any atom is 0.254 e. The largest absolute Gasteiger partial charge is 0.366 e. The number of halogens is 1. The van der Waals surface area contributed by atoms with Gasteiger partial charge in [-0.1, -0.05) is 25.4 Å². The fourth-order valence-corrected chi connectivity index (χ4v) is 3.36. The maximum atomic E-state index is 6.41. The molecule has 0 atom stereocenters. The average Bonchev–Trinajstić information content (AvgIpc) is 2.92. The van der Waals surface area contributed by atoms with Crippen molar-refractivity contribution in [3.8, 4) is 0 Å². The van der Waals surface area contributed by atoms with Crippen molar-refractivity contribution in [1.82, 2.24) is 19.6 Å². The Labute approximate surface area is 130 Å². The van der Waals surface area contributed by atoms with Crippen molar-refractivity contribution in [2.24, 2.45) is 11.8 Å². The SMILES string of the molecule is Cc1nc2ncnn2c(NC2CCC(C(C)C)CC2)c1Cl. The Kier molecular flexibility index (Phi) is 4.02. The zero-order chi connectivity index (χ0) is 15.0. The summed E-state index contributed by atoms with van der Waals surface area (Å²) >= 11 is 6.41. The van der Waals surface area contributed by atoms with Crippen LogP contribution in [0.2, 0.25) is 5.02 Å². The molecule has 1 saturated carbocycles. The number of aromatic nitrogens is 4. The quantitative estimate of drug-likeness (QED) is 0.939. The lowest BCUT2D eigenvalue weighted by molar-refractivity contribution is 0.266. The van der Waals surface area contributed by atoms with E-state index in [0.717, 1.165) is 23.3 Å². The van der Waals surface area contributed by atoms with Crippen LogP contribution in [0.1, 0.15) is 45.2 Å². The van der Waals surface area contributed by atoms with Crippen LogP contribution in [0.5, 0.6) is 0 Å². The second kappa shape index (κ2) is 5.79. The van der Waals surface area contributed by atoms with Gasteiger partial charge >= 0.3 is 0 Å². The molecule has 1 N–H and O–H groups in total. The predicted molar refractivity (Wildman–Crippen MR) is 84.7 cm³/mol. The number of rotatable bonds is 3. The van der Waals surface area contributed by atoms with Gasteiger partial charge < -0.3 is 5.32 Å². The minimum absolute atomic E-state index is 0.451. The van der Waals surface area contributed by atoms with Crippen LogP contribution in [0.4, 0.5) is 5.82 Å². The summed E-state index contributed by atoms with van der Waals surface area (Å²) in [6.07, 6.45) is 6.42. The fraction of sp³-hybridized carbons (Fsp3) is 0.667. The number of anilines is 1. The highest BCUT2D eigenvalue weighted by molar-refractivity contribution is 6.33. The summed E-state index contributed by atoms with van der Waals surface area (Å²) in [6, 6.07) is 0.451. The van der Waals surface area contributed by atoms with Crippen LogP contribution < -0.4 is 5.32 Å². The van der Waals surface area contributed by atoms with Gasteiger partial charge in [0.05, 0.1) is 5.69 Å². The van der Waals surface area contributed by atoms with E-state index in [1.165, 1.54) is 32.0 Å². The Hall–Kier alpha value is -1.36. The summed E-state index contributed by atoms with van der Waals surface area (Å²) in [6.45, 7) is 6.54. The first kappa shape index (κ1) is 14.6. The summed E-state index contributed by atoms with van der Waals surface area (Å²) in [4.78, 5) is 8.49. The van der Waals surface area contributed by atoms with Gasteiger partial charge in [-0.25, -0.2) is 4.98 Å². The van der Waals surface area contributed by atoms with Crippen molar-refractivity contribution in [2.75, 3.05) is 5.32 Å². The van der Waals surface area contributed by atoms with E-state index in [0.29, 0.717) is 16.8 Å². The van der Waals surface area contributed by atoms with Crippen LogP contribution in [-0.4, -0.2) is 25.6 Å². The van der Waals surface area contributed by atoms with Crippen LogP contribution >= 0.6 is 11.6 Å². The molecule has 2 aromatic heterocycles.